The lowest BCUT2D eigenvalue weighted by atomic mass is 10.0. The molecule has 0 aliphatic carbocycles. The minimum Gasteiger partial charge on any atom is -0.481 e. The molecule has 0 amide bonds. The van der Waals surface area contributed by atoms with E-state index < -0.39 is 5.97 Å². The first-order chi connectivity index (χ1) is 8.45. The Balaban J connectivity index is 2.79. The molecule has 0 aromatic heterocycles. The fourth-order valence-electron chi connectivity index (χ4n) is 1.97. The van der Waals surface area contributed by atoms with Crippen molar-refractivity contribution in [1.82, 2.24) is 4.90 Å². The van der Waals surface area contributed by atoms with Crippen LogP contribution in [-0.2, 0) is 4.79 Å². The van der Waals surface area contributed by atoms with Crippen LogP contribution in [0.25, 0.3) is 0 Å². The van der Waals surface area contributed by atoms with E-state index in [4.69, 9.17) is 16.7 Å². The van der Waals surface area contributed by atoms with Crippen molar-refractivity contribution in [3.05, 3.63) is 34.9 Å². The molecule has 3 nitrogen and oxygen atoms in total. The van der Waals surface area contributed by atoms with Gasteiger partial charge < -0.3 is 5.11 Å². The summed E-state index contributed by atoms with van der Waals surface area (Å²) in [6, 6.07) is 7.87. The first kappa shape index (κ1) is 15.0. The van der Waals surface area contributed by atoms with E-state index in [0.717, 1.165) is 12.1 Å². The van der Waals surface area contributed by atoms with Crippen LogP contribution < -0.4 is 0 Å². The largest absolute Gasteiger partial charge is 0.481 e. The molecule has 0 aliphatic rings. The zero-order chi connectivity index (χ0) is 13.7. The van der Waals surface area contributed by atoms with Gasteiger partial charge in [-0.15, -0.1) is 0 Å². The predicted molar refractivity (Wildman–Crippen MR) is 73.9 cm³/mol. The first-order valence-electron chi connectivity index (χ1n) is 6.18. The summed E-state index contributed by atoms with van der Waals surface area (Å²) in [6.45, 7) is 7.19. The lowest BCUT2D eigenvalue weighted by molar-refractivity contribution is -0.141. The summed E-state index contributed by atoms with van der Waals surface area (Å²) in [4.78, 5) is 13.1. The number of hydrogen-bond donors (Lipinski definition) is 1. The molecule has 1 aromatic carbocycles. The molecule has 0 radical (unpaired) electrons. The Morgan fingerprint density at radius 3 is 2.61 bits per heavy atom. The second kappa shape index (κ2) is 6.76. The molecule has 0 saturated heterocycles. The highest BCUT2D eigenvalue weighted by molar-refractivity contribution is 6.30. The van der Waals surface area contributed by atoms with Crippen LogP contribution in [0.4, 0.5) is 0 Å². The fraction of sp³-hybridized carbons (Fsp3) is 0.500. The van der Waals surface area contributed by atoms with Gasteiger partial charge in [-0.25, -0.2) is 0 Å². The monoisotopic (exact) mass is 269 g/mol. The number of aliphatic carboxylic acids is 1. The Hall–Kier alpha value is -1.06. The maximum Gasteiger partial charge on any atom is 0.307 e. The maximum atomic E-state index is 10.9. The van der Waals surface area contributed by atoms with Gasteiger partial charge in [0.1, 0.15) is 0 Å². The molecule has 4 heteroatoms. The predicted octanol–water partition coefficient (Wildman–Crippen LogP) is 3.44. The quantitative estimate of drug-likeness (QED) is 0.860. The molecular weight excluding hydrogens is 250 g/mol. The molecule has 2 unspecified atom stereocenters. The van der Waals surface area contributed by atoms with Crippen LogP contribution in [0.2, 0.25) is 5.02 Å². The third kappa shape index (κ3) is 4.00. The molecule has 0 bridgehead atoms. The minimum atomic E-state index is -0.758. The maximum absolute atomic E-state index is 10.9. The summed E-state index contributed by atoms with van der Waals surface area (Å²) in [7, 11) is 0. The third-order valence-corrected chi connectivity index (χ3v) is 3.45. The van der Waals surface area contributed by atoms with Crippen LogP contribution in [0, 0.1) is 5.92 Å². The summed E-state index contributed by atoms with van der Waals surface area (Å²) < 4.78 is 0. The van der Waals surface area contributed by atoms with Gasteiger partial charge in [0.05, 0.1) is 5.92 Å². The molecule has 0 fully saturated rings. The molecule has 0 saturated carbocycles. The van der Waals surface area contributed by atoms with Gasteiger partial charge in [-0.2, -0.15) is 0 Å². The molecule has 1 rings (SSSR count). The van der Waals surface area contributed by atoms with E-state index in [9.17, 15) is 4.79 Å². The lowest BCUT2D eigenvalue weighted by Crippen LogP contribution is -2.33. The van der Waals surface area contributed by atoms with E-state index in [1.165, 1.54) is 0 Å². The number of carbonyl (C=O) groups is 1. The van der Waals surface area contributed by atoms with Gasteiger partial charge in [-0.1, -0.05) is 37.6 Å². The van der Waals surface area contributed by atoms with E-state index in [1.807, 2.05) is 31.2 Å². The van der Waals surface area contributed by atoms with Crippen molar-refractivity contribution in [2.75, 3.05) is 13.1 Å². The average molecular weight is 270 g/mol. The van der Waals surface area contributed by atoms with Crippen molar-refractivity contribution in [2.45, 2.75) is 26.8 Å². The molecule has 1 N–H and O–H groups in total. The zero-order valence-electron chi connectivity index (χ0n) is 11.1. The topological polar surface area (TPSA) is 40.5 Å². The molecule has 18 heavy (non-hydrogen) atoms. The van der Waals surface area contributed by atoms with E-state index in [0.29, 0.717) is 11.6 Å². The van der Waals surface area contributed by atoms with Gasteiger partial charge in [-0.3, -0.25) is 9.69 Å². The minimum absolute atomic E-state index is 0.162. The smallest absolute Gasteiger partial charge is 0.307 e. The number of halogens is 1. The number of rotatable bonds is 6. The number of carboxylic acid groups (broad SMARTS) is 1. The summed E-state index contributed by atoms with van der Waals surface area (Å²) in [5, 5.41) is 9.68. The average Bonchev–Trinajstić information content (AvgIpc) is 2.34. The van der Waals surface area contributed by atoms with E-state index >= 15 is 0 Å². The molecule has 1 aromatic rings. The van der Waals surface area contributed by atoms with E-state index in [-0.39, 0.29) is 12.0 Å². The van der Waals surface area contributed by atoms with Crippen LogP contribution in [0.1, 0.15) is 32.4 Å². The number of benzene rings is 1. The molecular formula is C14H20ClNO2. The van der Waals surface area contributed by atoms with Gasteiger partial charge in [0, 0.05) is 17.6 Å². The van der Waals surface area contributed by atoms with Crippen LogP contribution >= 0.6 is 11.6 Å². The molecule has 100 valence electrons. The fourth-order valence-corrected chi connectivity index (χ4v) is 2.17. The number of nitrogens with zero attached hydrogens (tertiary/aromatic N) is 1. The molecule has 0 heterocycles. The van der Waals surface area contributed by atoms with Crippen molar-refractivity contribution < 1.29 is 9.90 Å². The van der Waals surface area contributed by atoms with Crippen molar-refractivity contribution in [2.24, 2.45) is 5.92 Å². The van der Waals surface area contributed by atoms with Crippen LogP contribution in [0.15, 0.2) is 24.3 Å². The van der Waals surface area contributed by atoms with Crippen molar-refractivity contribution in [1.29, 1.82) is 0 Å². The summed E-state index contributed by atoms with van der Waals surface area (Å²) in [5.74, 6) is -1.13. The summed E-state index contributed by atoms with van der Waals surface area (Å²) in [5.41, 5.74) is 1.11. The Labute approximate surface area is 113 Å². The summed E-state index contributed by atoms with van der Waals surface area (Å²) in [6.07, 6.45) is 0. The number of carboxylic acids is 1. The SMILES string of the molecule is CCN(CC(C)C(=O)O)C(C)c1cccc(Cl)c1. The van der Waals surface area contributed by atoms with Gasteiger partial charge in [0.15, 0.2) is 0 Å². The summed E-state index contributed by atoms with van der Waals surface area (Å²) >= 11 is 5.98. The first-order valence-corrected chi connectivity index (χ1v) is 6.55. The molecule has 0 aliphatic heterocycles. The van der Waals surface area contributed by atoms with Crippen molar-refractivity contribution >= 4 is 17.6 Å². The second-order valence-electron chi connectivity index (χ2n) is 4.56. The van der Waals surface area contributed by atoms with Gasteiger partial charge in [0.2, 0.25) is 0 Å². The van der Waals surface area contributed by atoms with Crippen molar-refractivity contribution in [3.8, 4) is 0 Å². The highest BCUT2D eigenvalue weighted by Crippen LogP contribution is 2.23. The molecule has 2 atom stereocenters. The molecule has 0 spiro atoms. The second-order valence-corrected chi connectivity index (χ2v) is 4.99. The lowest BCUT2D eigenvalue weighted by Gasteiger charge is -2.29. The van der Waals surface area contributed by atoms with Gasteiger partial charge >= 0.3 is 5.97 Å². The zero-order valence-corrected chi connectivity index (χ0v) is 11.8. The van der Waals surface area contributed by atoms with Crippen LogP contribution in [0.5, 0.6) is 0 Å². The Kier molecular flexibility index (Phi) is 5.63. The Morgan fingerprint density at radius 1 is 1.44 bits per heavy atom. The van der Waals surface area contributed by atoms with E-state index in [2.05, 4.69) is 11.8 Å². The number of hydrogen-bond acceptors (Lipinski definition) is 2. The Morgan fingerprint density at radius 2 is 2.11 bits per heavy atom. The van der Waals surface area contributed by atoms with Crippen LogP contribution in [0.3, 0.4) is 0 Å². The Bertz CT molecular complexity index is 409. The normalized spacial score (nSPS) is 14.5. The third-order valence-electron chi connectivity index (χ3n) is 3.21. The van der Waals surface area contributed by atoms with Crippen LogP contribution in [-0.4, -0.2) is 29.1 Å². The standard InChI is InChI=1S/C14H20ClNO2/c1-4-16(9-10(2)14(17)18)11(3)12-6-5-7-13(15)8-12/h5-8,10-11H,4,9H2,1-3H3,(H,17,18). The highest BCUT2D eigenvalue weighted by Gasteiger charge is 2.20. The highest BCUT2D eigenvalue weighted by atomic mass is 35.5. The van der Waals surface area contributed by atoms with Gasteiger partial charge in [-0.05, 0) is 31.2 Å². The van der Waals surface area contributed by atoms with E-state index in [1.54, 1.807) is 6.92 Å². The van der Waals surface area contributed by atoms with Crippen molar-refractivity contribution in [3.63, 3.8) is 0 Å². The van der Waals surface area contributed by atoms with Gasteiger partial charge in [0.25, 0.3) is 0 Å².